The van der Waals surface area contributed by atoms with E-state index in [-0.39, 0.29) is 11.8 Å². The summed E-state index contributed by atoms with van der Waals surface area (Å²) in [5.41, 5.74) is 8.12. The Labute approximate surface area is 132 Å². The fourth-order valence-electron chi connectivity index (χ4n) is 3.56. The first-order valence-corrected chi connectivity index (χ1v) is 8.07. The Hall–Kier alpha value is -1.59. The largest absolute Gasteiger partial charge is 0.378 e. The number of nitrogens with two attached hydrogens (primary N) is 1. The molecule has 0 radical (unpaired) electrons. The normalized spacial score (nSPS) is 26.3. The maximum atomic E-state index is 11.5. The van der Waals surface area contributed by atoms with Gasteiger partial charge in [0.1, 0.15) is 0 Å². The van der Waals surface area contributed by atoms with E-state index < -0.39 is 0 Å². The molecular formula is C17H25N3O2. The summed E-state index contributed by atoms with van der Waals surface area (Å²) >= 11 is 0. The Morgan fingerprint density at radius 2 is 2.00 bits per heavy atom. The predicted octanol–water partition coefficient (Wildman–Crippen LogP) is 1.08. The third kappa shape index (κ3) is 3.25. The van der Waals surface area contributed by atoms with E-state index in [1.54, 1.807) is 0 Å². The number of hydrogen-bond donors (Lipinski definition) is 1. The van der Waals surface area contributed by atoms with Gasteiger partial charge in [-0.25, -0.2) is 0 Å². The van der Waals surface area contributed by atoms with Crippen LogP contribution < -0.4 is 10.6 Å². The standard InChI is InChI=1S/C17H25N3O2/c1-13-10-19(12-15(13)17(18)21)11-14-4-2-3-5-16(14)20-6-8-22-9-7-20/h2-5,13,15H,6-12H2,1H3,(H2,18,21)/t13-,15-/m1/s1. The highest BCUT2D eigenvalue weighted by Gasteiger charge is 2.33. The van der Waals surface area contributed by atoms with Crippen molar-refractivity contribution in [3.05, 3.63) is 29.8 Å². The molecule has 0 aliphatic carbocycles. The maximum absolute atomic E-state index is 11.5. The highest BCUT2D eigenvalue weighted by atomic mass is 16.5. The van der Waals surface area contributed by atoms with E-state index in [4.69, 9.17) is 10.5 Å². The fourth-order valence-corrected chi connectivity index (χ4v) is 3.56. The molecule has 0 bridgehead atoms. The molecule has 0 aromatic heterocycles. The minimum atomic E-state index is -0.170. The van der Waals surface area contributed by atoms with E-state index in [0.717, 1.165) is 45.9 Å². The van der Waals surface area contributed by atoms with Crippen molar-refractivity contribution in [2.75, 3.05) is 44.3 Å². The number of primary amides is 1. The number of carbonyl (C=O) groups excluding carboxylic acids is 1. The Kier molecular flexibility index (Phi) is 4.64. The number of amides is 1. The van der Waals surface area contributed by atoms with Crippen LogP contribution >= 0.6 is 0 Å². The van der Waals surface area contributed by atoms with Gasteiger partial charge in [-0.15, -0.1) is 0 Å². The monoisotopic (exact) mass is 303 g/mol. The van der Waals surface area contributed by atoms with E-state index in [0.29, 0.717) is 5.92 Å². The topological polar surface area (TPSA) is 58.8 Å². The summed E-state index contributed by atoms with van der Waals surface area (Å²) in [5.74, 6) is 0.153. The number of hydrogen-bond acceptors (Lipinski definition) is 4. The number of rotatable bonds is 4. The molecule has 2 atom stereocenters. The van der Waals surface area contributed by atoms with E-state index in [1.165, 1.54) is 11.3 Å². The highest BCUT2D eigenvalue weighted by Crippen LogP contribution is 2.28. The van der Waals surface area contributed by atoms with Crippen LogP contribution in [0.3, 0.4) is 0 Å². The van der Waals surface area contributed by atoms with Crippen LogP contribution in [-0.2, 0) is 16.1 Å². The average molecular weight is 303 g/mol. The van der Waals surface area contributed by atoms with Crippen molar-refractivity contribution in [1.82, 2.24) is 4.90 Å². The van der Waals surface area contributed by atoms with Gasteiger partial charge >= 0.3 is 0 Å². The molecule has 2 aliphatic rings. The lowest BCUT2D eigenvalue weighted by molar-refractivity contribution is -0.122. The van der Waals surface area contributed by atoms with Crippen LogP contribution in [0.1, 0.15) is 12.5 Å². The summed E-state index contributed by atoms with van der Waals surface area (Å²) in [6.45, 7) is 8.16. The highest BCUT2D eigenvalue weighted by molar-refractivity contribution is 5.77. The number of nitrogens with zero attached hydrogens (tertiary/aromatic N) is 2. The second-order valence-corrected chi connectivity index (χ2v) is 6.41. The second-order valence-electron chi connectivity index (χ2n) is 6.41. The Morgan fingerprint density at radius 1 is 1.27 bits per heavy atom. The molecule has 1 aromatic rings. The Morgan fingerprint density at radius 3 is 2.68 bits per heavy atom. The number of likely N-dealkylation sites (tertiary alicyclic amines) is 1. The molecule has 0 saturated carbocycles. The molecule has 2 aliphatic heterocycles. The average Bonchev–Trinajstić information content (AvgIpc) is 2.89. The zero-order valence-electron chi connectivity index (χ0n) is 13.2. The van der Waals surface area contributed by atoms with Gasteiger partial charge in [-0.2, -0.15) is 0 Å². The van der Waals surface area contributed by atoms with Crippen molar-refractivity contribution in [2.45, 2.75) is 13.5 Å². The summed E-state index contributed by atoms with van der Waals surface area (Å²) < 4.78 is 5.45. The van der Waals surface area contributed by atoms with E-state index in [1.807, 2.05) is 0 Å². The van der Waals surface area contributed by atoms with Crippen LogP contribution in [0, 0.1) is 11.8 Å². The second kappa shape index (κ2) is 6.67. The van der Waals surface area contributed by atoms with Gasteiger partial charge in [0.15, 0.2) is 0 Å². The SMILES string of the molecule is C[C@@H]1CN(Cc2ccccc2N2CCOCC2)C[C@H]1C(N)=O. The van der Waals surface area contributed by atoms with Gasteiger partial charge in [-0.05, 0) is 17.5 Å². The number of carbonyl (C=O) groups is 1. The summed E-state index contributed by atoms with van der Waals surface area (Å²) in [4.78, 5) is 16.2. The summed E-state index contributed by atoms with van der Waals surface area (Å²) in [5, 5.41) is 0. The number of anilines is 1. The Balaban J connectivity index is 1.71. The first kappa shape index (κ1) is 15.3. The maximum Gasteiger partial charge on any atom is 0.222 e. The van der Waals surface area contributed by atoms with Crippen molar-refractivity contribution in [3.63, 3.8) is 0 Å². The van der Waals surface area contributed by atoms with Crippen LogP contribution in [0.25, 0.3) is 0 Å². The molecule has 2 N–H and O–H groups in total. The molecule has 0 unspecified atom stereocenters. The molecule has 2 fully saturated rings. The zero-order valence-corrected chi connectivity index (χ0v) is 13.2. The van der Waals surface area contributed by atoms with Gasteiger partial charge in [0.25, 0.3) is 0 Å². The van der Waals surface area contributed by atoms with E-state index in [2.05, 4.69) is 41.0 Å². The lowest BCUT2D eigenvalue weighted by atomic mass is 9.98. The van der Waals surface area contributed by atoms with Crippen LogP contribution in [0.2, 0.25) is 0 Å². The van der Waals surface area contributed by atoms with Crippen LogP contribution in [0.15, 0.2) is 24.3 Å². The molecular weight excluding hydrogens is 278 g/mol. The molecule has 120 valence electrons. The van der Waals surface area contributed by atoms with Crippen molar-refractivity contribution < 1.29 is 9.53 Å². The molecule has 3 rings (SSSR count). The third-order valence-corrected chi connectivity index (χ3v) is 4.79. The number of para-hydroxylation sites is 1. The number of ether oxygens (including phenoxy) is 1. The molecule has 22 heavy (non-hydrogen) atoms. The zero-order chi connectivity index (χ0) is 15.5. The van der Waals surface area contributed by atoms with Crippen molar-refractivity contribution in [2.24, 2.45) is 17.6 Å². The lowest BCUT2D eigenvalue weighted by Crippen LogP contribution is -2.37. The summed E-state index contributed by atoms with van der Waals surface area (Å²) in [7, 11) is 0. The molecule has 2 heterocycles. The van der Waals surface area contributed by atoms with Crippen LogP contribution in [-0.4, -0.2) is 50.2 Å². The van der Waals surface area contributed by atoms with Gasteiger partial charge in [-0.3, -0.25) is 9.69 Å². The van der Waals surface area contributed by atoms with Crippen LogP contribution in [0.5, 0.6) is 0 Å². The summed E-state index contributed by atoms with van der Waals surface area (Å²) in [6.07, 6.45) is 0. The van der Waals surface area contributed by atoms with Crippen molar-refractivity contribution in [3.8, 4) is 0 Å². The quantitative estimate of drug-likeness (QED) is 0.904. The first-order valence-electron chi connectivity index (χ1n) is 8.07. The Bertz CT molecular complexity index is 528. The predicted molar refractivity (Wildman–Crippen MR) is 86.6 cm³/mol. The number of benzene rings is 1. The van der Waals surface area contributed by atoms with Gasteiger partial charge in [-0.1, -0.05) is 25.1 Å². The van der Waals surface area contributed by atoms with Gasteiger partial charge in [0.05, 0.1) is 19.1 Å². The van der Waals surface area contributed by atoms with Gasteiger partial charge in [0.2, 0.25) is 5.91 Å². The molecule has 0 spiro atoms. The smallest absolute Gasteiger partial charge is 0.222 e. The van der Waals surface area contributed by atoms with Crippen molar-refractivity contribution in [1.29, 1.82) is 0 Å². The minimum Gasteiger partial charge on any atom is -0.378 e. The summed E-state index contributed by atoms with van der Waals surface area (Å²) in [6, 6.07) is 8.55. The molecule has 2 saturated heterocycles. The van der Waals surface area contributed by atoms with E-state index >= 15 is 0 Å². The van der Waals surface area contributed by atoms with E-state index in [9.17, 15) is 4.79 Å². The molecule has 1 amide bonds. The number of morpholine rings is 1. The first-order chi connectivity index (χ1) is 10.6. The van der Waals surface area contributed by atoms with Crippen molar-refractivity contribution >= 4 is 11.6 Å². The molecule has 5 nitrogen and oxygen atoms in total. The minimum absolute atomic E-state index is 0.0180. The fraction of sp³-hybridized carbons (Fsp3) is 0.588. The molecule has 1 aromatic carbocycles. The van der Waals surface area contributed by atoms with Gasteiger partial charge < -0.3 is 15.4 Å². The molecule has 5 heteroatoms. The van der Waals surface area contributed by atoms with Gasteiger partial charge in [0, 0.05) is 38.4 Å². The lowest BCUT2D eigenvalue weighted by Gasteiger charge is -2.31. The third-order valence-electron chi connectivity index (χ3n) is 4.79. The van der Waals surface area contributed by atoms with Crippen LogP contribution in [0.4, 0.5) is 5.69 Å².